The highest BCUT2D eigenvalue weighted by Gasteiger charge is 2.06. The second-order valence-corrected chi connectivity index (χ2v) is 4.33. The Kier molecular flexibility index (Phi) is 12.6. The van der Waals surface area contributed by atoms with Crippen LogP contribution in [0.3, 0.4) is 0 Å². The van der Waals surface area contributed by atoms with E-state index < -0.39 is 18.2 Å². The van der Waals surface area contributed by atoms with Gasteiger partial charge in [0.2, 0.25) is 5.91 Å². The summed E-state index contributed by atoms with van der Waals surface area (Å²) in [5, 5.41) is 12.0. The molecule has 0 spiro atoms. The Morgan fingerprint density at radius 1 is 1.27 bits per heavy atom. The van der Waals surface area contributed by atoms with Crippen molar-refractivity contribution in [2.45, 2.75) is 47.5 Å². The number of benzene rings is 1. The van der Waals surface area contributed by atoms with Crippen LogP contribution in [0.25, 0.3) is 0 Å². The molecule has 0 aliphatic carbocycles. The Hall–Kier alpha value is -2.21. The average molecular weight is 309 g/mol. The standard InChI is InChI=1S/C13H17N3O3.C2H6.CH4/c1-9(2)11-5-3-4-10(6-11)8-14-15-12(17)7-13(18)16-19;1-2;/h3-6,8-9,19H,7H2,1-2H3,(H,15,17)(H,16,18);1-2H3;1H4/b14-8+;;. The van der Waals surface area contributed by atoms with Crippen molar-refractivity contribution >= 4 is 18.0 Å². The van der Waals surface area contributed by atoms with E-state index in [1.807, 2.05) is 38.1 Å². The van der Waals surface area contributed by atoms with Gasteiger partial charge in [-0.15, -0.1) is 0 Å². The molecule has 0 radical (unpaired) electrons. The van der Waals surface area contributed by atoms with E-state index in [-0.39, 0.29) is 7.43 Å². The van der Waals surface area contributed by atoms with Crippen molar-refractivity contribution in [2.75, 3.05) is 0 Å². The van der Waals surface area contributed by atoms with Crippen LogP contribution in [0.2, 0.25) is 0 Å². The Morgan fingerprint density at radius 2 is 1.91 bits per heavy atom. The number of rotatable bonds is 5. The molecule has 1 aromatic rings. The smallest absolute Gasteiger partial charge is 0.252 e. The second-order valence-electron chi connectivity index (χ2n) is 4.33. The van der Waals surface area contributed by atoms with Gasteiger partial charge in [-0.2, -0.15) is 5.10 Å². The molecular formula is C16H27N3O3. The molecule has 0 aliphatic heterocycles. The largest absolute Gasteiger partial charge is 0.289 e. The van der Waals surface area contributed by atoms with Crippen LogP contribution in [0.15, 0.2) is 29.4 Å². The maximum absolute atomic E-state index is 11.2. The molecule has 6 nitrogen and oxygen atoms in total. The Morgan fingerprint density at radius 3 is 2.45 bits per heavy atom. The third-order valence-corrected chi connectivity index (χ3v) is 2.43. The molecule has 2 amide bonds. The molecule has 0 aromatic heterocycles. The first-order valence-electron chi connectivity index (χ1n) is 6.87. The third kappa shape index (κ3) is 8.86. The van der Waals surface area contributed by atoms with E-state index >= 15 is 0 Å². The number of hydrazone groups is 1. The lowest BCUT2D eigenvalue weighted by Crippen LogP contribution is -2.27. The molecule has 0 unspecified atom stereocenters. The Labute approximate surface area is 132 Å². The number of hydroxylamine groups is 1. The van der Waals surface area contributed by atoms with Crippen LogP contribution in [-0.4, -0.2) is 23.2 Å². The summed E-state index contributed by atoms with van der Waals surface area (Å²) in [6.07, 6.45) is 1.03. The van der Waals surface area contributed by atoms with E-state index in [0.29, 0.717) is 5.92 Å². The number of amides is 2. The van der Waals surface area contributed by atoms with Gasteiger partial charge in [0, 0.05) is 0 Å². The lowest BCUT2D eigenvalue weighted by molar-refractivity contribution is -0.134. The van der Waals surface area contributed by atoms with Crippen molar-refractivity contribution in [3.05, 3.63) is 35.4 Å². The van der Waals surface area contributed by atoms with E-state index in [9.17, 15) is 9.59 Å². The third-order valence-electron chi connectivity index (χ3n) is 2.43. The first-order valence-corrected chi connectivity index (χ1v) is 6.87. The Bertz CT molecular complexity index is 485. The van der Waals surface area contributed by atoms with Crippen molar-refractivity contribution in [2.24, 2.45) is 5.10 Å². The summed E-state index contributed by atoms with van der Waals surface area (Å²) in [5.41, 5.74) is 5.61. The Balaban J connectivity index is 0. The number of nitrogens with zero attached hydrogens (tertiary/aromatic N) is 1. The summed E-state index contributed by atoms with van der Waals surface area (Å²) >= 11 is 0. The van der Waals surface area contributed by atoms with Gasteiger partial charge in [0.05, 0.1) is 6.21 Å². The van der Waals surface area contributed by atoms with Crippen molar-refractivity contribution in [1.29, 1.82) is 0 Å². The van der Waals surface area contributed by atoms with E-state index in [1.165, 1.54) is 17.3 Å². The molecular weight excluding hydrogens is 282 g/mol. The quantitative estimate of drug-likeness (QED) is 0.338. The van der Waals surface area contributed by atoms with Gasteiger partial charge in [-0.05, 0) is 23.1 Å². The van der Waals surface area contributed by atoms with Crippen LogP contribution in [0.4, 0.5) is 0 Å². The summed E-state index contributed by atoms with van der Waals surface area (Å²) in [6, 6.07) is 7.77. The summed E-state index contributed by atoms with van der Waals surface area (Å²) in [4.78, 5) is 21.9. The van der Waals surface area contributed by atoms with Gasteiger partial charge >= 0.3 is 0 Å². The zero-order valence-electron chi connectivity index (χ0n) is 12.9. The monoisotopic (exact) mass is 309 g/mol. The highest BCUT2D eigenvalue weighted by atomic mass is 16.5. The van der Waals surface area contributed by atoms with Gasteiger partial charge < -0.3 is 0 Å². The van der Waals surface area contributed by atoms with Crippen molar-refractivity contribution < 1.29 is 14.8 Å². The van der Waals surface area contributed by atoms with Gasteiger partial charge in [0.15, 0.2) is 0 Å². The first-order chi connectivity index (χ1) is 10.0. The fourth-order valence-electron chi connectivity index (χ4n) is 1.40. The zero-order valence-corrected chi connectivity index (χ0v) is 12.9. The minimum atomic E-state index is -0.783. The molecule has 22 heavy (non-hydrogen) atoms. The maximum Gasteiger partial charge on any atom is 0.252 e. The lowest BCUT2D eigenvalue weighted by Gasteiger charge is -2.05. The second kappa shape index (κ2) is 12.5. The van der Waals surface area contributed by atoms with E-state index in [4.69, 9.17) is 5.21 Å². The molecule has 6 heteroatoms. The molecule has 0 fully saturated rings. The van der Waals surface area contributed by atoms with Crippen LogP contribution >= 0.6 is 0 Å². The van der Waals surface area contributed by atoms with Crippen LogP contribution in [-0.2, 0) is 9.59 Å². The van der Waals surface area contributed by atoms with Crippen molar-refractivity contribution in [3.8, 4) is 0 Å². The summed E-state index contributed by atoms with van der Waals surface area (Å²) in [6.45, 7) is 8.18. The molecule has 0 aliphatic rings. The number of nitrogens with one attached hydrogen (secondary N) is 2. The predicted molar refractivity (Wildman–Crippen MR) is 88.9 cm³/mol. The van der Waals surface area contributed by atoms with E-state index in [0.717, 1.165) is 5.56 Å². The number of hydrogen-bond acceptors (Lipinski definition) is 4. The zero-order chi connectivity index (χ0) is 16.3. The fraction of sp³-hybridized carbons (Fsp3) is 0.438. The minimum absolute atomic E-state index is 0. The van der Waals surface area contributed by atoms with Crippen molar-refractivity contribution in [1.82, 2.24) is 10.9 Å². The molecule has 0 saturated heterocycles. The minimum Gasteiger partial charge on any atom is -0.289 e. The summed E-state index contributed by atoms with van der Waals surface area (Å²) < 4.78 is 0. The number of carbonyl (C=O) groups excluding carboxylic acids is 2. The molecule has 124 valence electrons. The van der Waals surface area contributed by atoms with Crippen LogP contribution in [0, 0.1) is 0 Å². The van der Waals surface area contributed by atoms with Crippen LogP contribution in [0.5, 0.6) is 0 Å². The van der Waals surface area contributed by atoms with Gasteiger partial charge in [0.1, 0.15) is 6.42 Å². The normalized spacial score (nSPS) is 9.55. The molecule has 1 rings (SSSR count). The molecule has 0 atom stereocenters. The molecule has 1 aromatic carbocycles. The highest BCUT2D eigenvalue weighted by molar-refractivity contribution is 5.96. The molecule has 0 heterocycles. The predicted octanol–water partition coefficient (Wildman–Crippen LogP) is 2.82. The maximum atomic E-state index is 11.2. The average Bonchev–Trinajstić information content (AvgIpc) is 2.49. The SMILES string of the molecule is C.CC.CC(C)c1cccc(/C=N/NC(=O)CC(=O)NO)c1. The fourth-order valence-corrected chi connectivity index (χ4v) is 1.40. The van der Waals surface area contributed by atoms with Gasteiger partial charge in [-0.1, -0.05) is 53.3 Å². The summed E-state index contributed by atoms with van der Waals surface area (Å²) in [5.74, 6) is -0.964. The molecule has 3 N–H and O–H groups in total. The molecule has 0 bridgehead atoms. The van der Waals surface area contributed by atoms with Gasteiger partial charge in [-0.25, -0.2) is 10.9 Å². The van der Waals surface area contributed by atoms with Gasteiger partial charge in [0.25, 0.3) is 5.91 Å². The first kappa shape index (κ1) is 22.1. The van der Waals surface area contributed by atoms with Crippen molar-refractivity contribution in [3.63, 3.8) is 0 Å². The van der Waals surface area contributed by atoms with Gasteiger partial charge in [-0.3, -0.25) is 14.8 Å². The van der Waals surface area contributed by atoms with Crippen LogP contribution in [0.1, 0.15) is 58.6 Å². The summed E-state index contributed by atoms with van der Waals surface area (Å²) in [7, 11) is 0. The number of hydrogen-bond donors (Lipinski definition) is 3. The number of carbonyl (C=O) groups is 2. The lowest BCUT2D eigenvalue weighted by atomic mass is 10.0. The molecule has 0 saturated carbocycles. The van der Waals surface area contributed by atoms with E-state index in [1.54, 1.807) is 0 Å². The highest BCUT2D eigenvalue weighted by Crippen LogP contribution is 2.14. The van der Waals surface area contributed by atoms with E-state index in [2.05, 4.69) is 24.4 Å². The van der Waals surface area contributed by atoms with Crippen LogP contribution < -0.4 is 10.9 Å². The topological polar surface area (TPSA) is 90.8 Å².